The molecule has 6 heteroatoms. The molecule has 2 aromatic rings. The summed E-state index contributed by atoms with van der Waals surface area (Å²) in [7, 11) is 1.65. The van der Waals surface area contributed by atoms with Crippen molar-refractivity contribution in [2.24, 2.45) is 15.8 Å². The van der Waals surface area contributed by atoms with Gasteiger partial charge in [-0.1, -0.05) is 19.8 Å². The molecule has 0 aliphatic carbocycles. The Morgan fingerprint density at radius 1 is 1.45 bits per heavy atom. The number of benzene rings is 1. The Bertz CT molecular complexity index is 666. The minimum absolute atomic E-state index is 0. The van der Waals surface area contributed by atoms with Gasteiger partial charge in [0.15, 0.2) is 0 Å². The summed E-state index contributed by atoms with van der Waals surface area (Å²) < 4.78 is 5.24. The standard InChI is InChI=1S/C16H23N5O/c1-3-4-5-8-18-16(17)21-20-11-12-10-19-15-7-6-13(22-2)9-14(12)15/h6-7,9-11,19H,3-5,8H2,1-2H3,(H3,17,18,21)/p+1/b20-11-. The topological polar surface area (TPSA) is 87.8 Å². The van der Waals surface area contributed by atoms with Gasteiger partial charge in [-0.05, 0) is 24.6 Å². The van der Waals surface area contributed by atoms with E-state index in [0.29, 0.717) is 5.96 Å². The van der Waals surface area contributed by atoms with Crippen LogP contribution in [-0.4, -0.2) is 30.8 Å². The monoisotopic (exact) mass is 302 g/mol. The smallest absolute Gasteiger partial charge is 0.497 e. The van der Waals surface area contributed by atoms with Gasteiger partial charge in [0.25, 0.3) is 0 Å². The van der Waals surface area contributed by atoms with Crippen molar-refractivity contribution in [2.45, 2.75) is 26.2 Å². The Kier molecular flexibility index (Phi) is 5.82. The number of aliphatic imine (C=N–C) groups is 1. The number of nitrogens with two attached hydrogens (primary N) is 1. The zero-order valence-electron chi connectivity index (χ0n) is 14.1. The fraction of sp³-hybridized carbons (Fsp3) is 0.375. The molecule has 0 radical (unpaired) electrons. The van der Waals surface area contributed by atoms with Gasteiger partial charge in [0.1, 0.15) is 5.75 Å². The normalized spacial score (nSPS) is 12.2. The summed E-state index contributed by atoms with van der Waals surface area (Å²) >= 11 is 0. The van der Waals surface area contributed by atoms with Gasteiger partial charge < -0.3 is 15.5 Å². The lowest BCUT2D eigenvalue weighted by molar-refractivity contribution is 0.415. The van der Waals surface area contributed by atoms with E-state index in [0.717, 1.165) is 41.6 Å². The number of hydrogen-bond donors (Lipinski definition) is 3. The van der Waals surface area contributed by atoms with Gasteiger partial charge in [-0.2, -0.15) is 5.10 Å². The van der Waals surface area contributed by atoms with E-state index in [4.69, 9.17) is 10.5 Å². The molecular weight excluding hydrogens is 278 g/mol. The van der Waals surface area contributed by atoms with Gasteiger partial charge in [-0.3, -0.25) is 4.99 Å². The first-order valence-electron chi connectivity index (χ1n) is 7.48. The highest BCUT2D eigenvalue weighted by Gasteiger charge is 2.03. The number of ether oxygens (including phenoxy) is 1. The molecule has 0 saturated carbocycles. The first kappa shape index (κ1) is 15.9. The zero-order chi connectivity index (χ0) is 15.8. The van der Waals surface area contributed by atoms with Crippen LogP contribution >= 0.6 is 0 Å². The number of hydrogen-bond acceptors (Lipinski definition) is 3. The lowest BCUT2D eigenvalue weighted by atomic mass is 10.2. The van der Waals surface area contributed by atoms with E-state index in [2.05, 4.69) is 27.4 Å². The van der Waals surface area contributed by atoms with Crippen LogP contribution < -0.4 is 15.9 Å². The average molecular weight is 302 g/mol. The fourth-order valence-electron chi connectivity index (χ4n) is 2.12. The molecule has 22 heavy (non-hydrogen) atoms. The maximum atomic E-state index is 5.75. The van der Waals surface area contributed by atoms with E-state index < -0.39 is 0 Å². The average Bonchev–Trinajstić information content (AvgIpc) is 2.94. The molecule has 0 bridgehead atoms. The lowest BCUT2D eigenvalue weighted by Gasteiger charge is -2.00. The highest BCUT2D eigenvalue weighted by molar-refractivity contribution is 5.99. The summed E-state index contributed by atoms with van der Waals surface area (Å²) in [6, 6.07) is 5.86. The number of aromatic amines is 1. The number of H-pyrrole nitrogens is 1. The number of guanidine groups is 1. The van der Waals surface area contributed by atoms with Gasteiger partial charge in [0, 0.05) is 29.2 Å². The highest BCUT2D eigenvalue weighted by Crippen LogP contribution is 2.22. The summed E-state index contributed by atoms with van der Waals surface area (Å²) in [6.07, 6.45) is 6.99. The van der Waals surface area contributed by atoms with Crippen LogP contribution in [0.25, 0.3) is 10.9 Å². The van der Waals surface area contributed by atoms with Crippen molar-refractivity contribution in [2.75, 3.05) is 13.7 Å². The second kappa shape index (κ2) is 8.07. The van der Waals surface area contributed by atoms with Gasteiger partial charge in [-0.25, -0.2) is 5.43 Å². The Morgan fingerprint density at radius 3 is 3.09 bits per heavy atom. The van der Waals surface area contributed by atoms with Crippen LogP contribution in [0, 0.1) is 0 Å². The Morgan fingerprint density at radius 2 is 2.32 bits per heavy atom. The maximum Gasteiger partial charge on any atom is 1.00 e. The molecule has 0 aliphatic heterocycles. The van der Waals surface area contributed by atoms with Crippen LogP contribution in [0.4, 0.5) is 0 Å². The van der Waals surface area contributed by atoms with Crippen molar-refractivity contribution in [3.05, 3.63) is 30.0 Å². The number of nitrogens with zero attached hydrogens (tertiary/aromatic N) is 2. The molecular formula is C16H24N5O+. The zero-order valence-corrected chi connectivity index (χ0v) is 13.1. The van der Waals surface area contributed by atoms with Crippen molar-refractivity contribution >= 4 is 23.1 Å². The Labute approximate surface area is 131 Å². The predicted octanol–water partition coefficient (Wildman–Crippen LogP) is 2.72. The molecule has 4 N–H and O–H groups in total. The molecule has 1 aromatic carbocycles. The van der Waals surface area contributed by atoms with E-state index in [1.807, 2.05) is 24.4 Å². The third-order valence-corrected chi connectivity index (χ3v) is 3.35. The van der Waals surface area contributed by atoms with Crippen molar-refractivity contribution in [1.82, 2.24) is 10.4 Å². The second-order valence-electron chi connectivity index (χ2n) is 5.00. The minimum atomic E-state index is 0. The summed E-state index contributed by atoms with van der Waals surface area (Å²) in [5.74, 6) is 1.15. The number of hydrazone groups is 1. The van der Waals surface area contributed by atoms with E-state index in [1.54, 1.807) is 13.3 Å². The van der Waals surface area contributed by atoms with Crippen molar-refractivity contribution in [3.63, 3.8) is 0 Å². The van der Waals surface area contributed by atoms with Gasteiger partial charge in [0.05, 0.1) is 13.3 Å². The summed E-state index contributed by atoms with van der Waals surface area (Å²) in [5.41, 5.74) is 10.5. The highest BCUT2D eigenvalue weighted by atomic mass is 16.5. The van der Waals surface area contributed by atoms with Crippen LogP contribution in [0.3, 0.4) is 0 Å². The number of aromatic nitrogens is 1. The molecule has 6 nitrogen and oxygen atoms in total. The number of methoxy groups -OCH3 is 1. The molecule has 0 aliphatic rings. The lowest BCUT2D eigenvalue weighted by Crippen LogP contribution is -2.27. The second-order valence-corrected chi connectivity index (χ2v) is 5.00. The van der Waals surface area contributed by atoms with E-state index in [1.165, 1.54) is 6.42 Å². The van der Waals surface area contributed by atoms with E-state index in [-0.39, 0.29) is 1.43 Å². The molecule has 0 saturated heterocycles. The molecule has 1 heterocycles. The van der Waals surface area contributed by atoms with Crippen LogP contribution in [0.1, 0.15) is 33.2 Å². The van der Waals surface area contributed by atoms with Crippen molar-refractivity contribution in [3.8, 4) is 5.75 Å². The van der Waals surface area contributed by atoms with Gasteiger partial charge >= 0.3 is 1.43 Å². The van der Waals surface area contributed by atoms with Crippen LogP contribution in [0.15, 0.2) is 34.5 Å². The van der Waals surface area contributed by atoms with E-state index >= 15 is 0 Å². The maximum absolute atomic E-state index is 5.75. The molecule has 0 spiro atoms. The first-order chi connectivity index (χ1) is 10.7. The number of rotatable bonds is 7. The minimum Gasteiger partial charge on any atom is -0.497 e. The van der Waals surface area contributed by atoms with Crippen LogP contribution in [-0.2, 0) is 0 Å². The SMILES string of the molecule is CCCCCN=C(N)N/N=C\c1c[nH]c2ccc(OC)cc12.[H+]. The summed E-state index contributed by atoms with van der Waals surface area (Å²) in [4.78, 5) is 7.40. The molecule has 2 rings (SSSR count). The largest absolute Gasteiger partial charge is 1.00 e. The molecule has 0 atom stereocenters. The summed E-state index contributed by atoms with van der Waals surface area (Å²) in [5, 5.41) is 5.17. The third-order valence-electron chi connectivity index (χ3n) is 3.35. The third kappa shape index (κ3) is 4.25. The molecule has 0 amide bonds. The fourth-order valence-corrected chi connectivity index (χ4v) is 2.12. The first-order valence-corrected chi connectivity index (χ1v) is 7.48. The van der Waals surface area contributed by atoms with Gasteiger partial charge in [-0.15, -0.1) is 0 Å². The summed E-state index contributed by atoms with van der Waals surface area (Å²) in [6.45, 7) is 2.89. The molecule has 0 unspecified atom stereocenters. The number of nitrogens with one attached hydrogen (secondary N) is 2. The quantitative estimate of drug-likeness (QED) is 0.318. The Hall–Kier alpha value is -2.50. The van der Waals surface area contributed by atoms with Crippen molar-refractivity contribution < 1.29 is 6.16 Å². The predicted molar refractivity (Wildman–Crippen MR) is 92.7 cm³/mol. The molecule has 118 valence electrons. The van der Waals surface area contributed by atoms with Crippen LogP contribution in [0.2, 0.25) is 0 Å². The van der Waals surface area contributed by atoms with Crippen LogP contribution in [0.5, 0.6) is 5.75 Å². The number of unbranched alkanes of at least 4 members (excludes halogenated alkanes) is 2. The molecule has 0 fully saturated rings. The number of fused-ring (bicyclic) bond motifs is 1. The Balaban J connectivity index is 0.00000264. The van der Waals surface area contributed by atoms with E-state index in [9.17, 15) is 0 Å². The van der Waals surface area contributed by atoms with Gasteiger partial charge in [0.2, 0.25) is 5.96 Å². The van der Waals surface area contributed by atoms with Crippen molar-refractivity contribution in [1.29, 1.82) is 0 Å². The molecule has 1 aromatic heterocycles.